The second-order valence-electron chi connectivity index (χ2n) is 8.92. The van der Waals surface area contributed by atoms with E-state index in [4.69, 9.17) is 16.3 Å². The fourth-order valence-corrected chi connectivity index (χ4v) is 4.39. The Hall–Kier alpha value is -3.69. The molecule has 0 spiro atoms. The predicted molar refractivity (Wildman–Crippen MR) is 142 cm³/mol. The quantitative estimate of drug-likeness (QED) is 0.370. The fourth-order valence-electron chi connectivity index (χ4n) is 4.19. The van der Waals surface area contributed by atoms with Crippen LogP contribution in [-0.2, 0) is 11.3 Å². The van der Waals surface area contributed by atoms with E-state index in [-0.39, 0.29) is 37.0 Å². The normalized spacial score (nSPS) is 14.2. The van der Waals surface area contributed by atoms with Gasteiger partial charge in [-0.3, -0.25) is 9.59 Å². The number of methoxy groups -OCH3 is 1. The molecule has 1 aliphatic rings. The average molecular weight is 524 g/mol. The first-order valence-electron chi connectivity index (χ1n) is 12.1. The first-order valence-corrected chi connectivity index (χ1v) is 12.5. The average Bonchev–Trinajstić information content (AvgIpc) is 3.22. The van der Waals surface area contributed by atoms with Gasteiger partial charge in [-0.2, -0.15) is 0 Å². The van der Waals surface area contributed by atoms with Crippen molar-refractivity contribution in [2.45, 2.75) is 38.9 Å². The van der Waals surface area contributed by atoms with Crippen molar-refractivity contribution in [1.82, 2.24) is 20.2 Å². The molecule has 1 aliphatic heterocycles. The number of carbonyl (C=O) groups is 2. The summed E-state index contributed by atoms with van der Waals surface area (Å²) in [7, 11) is 1.60. The van der Waals surface area contributed by atoms with Crippen LogP contribution in [0.3, 0.4) is 0 Å². The summed E-state index contributed by atoms with van der Waals surface area (Å²) in [6.45, 7) is 4.07. The van der Waals surface area contributed by atoms with Crippen LogP contribution >= 0.6 is 11.6 Å². The lowest BCUT2D eigenvalue weighted by Crippen LogP contribution is -2.38. The zero-order valence-corrected chi connectivity index (χ0v) is 21.7. The zero-order chi connectivity index (χ0) is 26.5. The lowest BCUT2D eigenvalue weighted by molar-refractivity contribution is -0.122. The van der Waals surface area contributed by atoms with Crippen LogP contribution in [0.25, 0.3) is 11.3 Å². The van der Waals surface area contributed by atoms with Crippen molar-refractivity contribution in [3.8, 4) is 17.0 Å². The summed E-state index contributed by atoms with van der Waals surface area (Å²) in [5, 5.41) is 15.8. The number of aliphatic hydroxyl groups is 1. The molecule has 0 fully saturated rings. The van der Waals surface area contributed by atoms with Crippen LogP contribution in [0, 0.1) is 0 Å². The topological polar surface area (TPSA) is 117 Å². The Morgan fingerprint density at radius 2 is 2.08 bits per heavy atom. The Labute approximate surface area is 220 Å². The molecule has 2 unspecified atom stereocenters. The summed E-state index contributed by atoms with van der Waals surface area (Å²) in [6.07, 6.45) is 2.19. The monoisotopic (exact) mass is 523 g/mol. The van der Waals surface area contributed by atoms with Gasteiger partial charge in [0.25, 0.3) is 5.91 Å². The van der Waals surface area contributed by atoms with E-state index in [2.05, 4.69) is 20.6 Å². The number of aromatic nitrogens is 2. The van der Waals surface area contributed by atoms with E-state index in [9.17, 15) is 14.7 Å². The maximum atomic E-state index is 13.2. The predicted octanol–water partition coefficient (Wildman–Crippen LogP) is 3.82. The van der Waals surface area contributed by atoms with E-state index < -0.39 is 0 Å². The van der Waals surface area contributed by atoms with Crippen molar-refractivity contribution in [2.75, 3.05) is 25.6 Å². The number of nitrogens with one attached hydrogen (secondary N) is 2. The summed E-state index contributed by atoms with van der Waals surface area (Å²) in [5.74, 6) is 0.580. The number of rotatable bonds is 10. The molecule has 0 radical (unpaired) electrons. The Bertz CT molecular complexity index is 1300. The highest BCUT2D eigenvalue weighted by Gasteiger charge is 2.30. The van der Waals surface area contributed by atoms with Gasteiger partial charge in [-0.1, -0.05) is 42.8 Å². The molecule has 0 bridgehead atoms. The number of amides is 2. The highest BCUT2D eigenvalue weighted by Crippen LogP contribution is 2.31. The standard InChI is InChI=1S/C27H30ClN5O4/c1-4-20(15-34)31-27-29-12-23(28)25(32-27)18-8-9-19-13-33(26(36)22(19)11-18)14-24(35)30-16(2)17-6-5-7-21(10-17)37-3/h5-12,16,20,34H,4,13-15H2,1-3H3,(H,30,35)(H,29,31,32). The molecule has 2 amide bonds. The number of nitrogens with zero attached hydrogens (tertiary/aromatic N) is 3. The first-order chi connectivity index (χ1) is 17.8. The zero-order valence-electron chi connectivity index (χ0n) is 21.0. The Morgan fingerprint density at radius 1 is 1.27 bits per heavy atom. The number of ether oxygens (including phenoxy) is 1. The van der Waals surface area contributed by atoms with E-state index in [0.29, 0.717) is 46.5 Å². The van der Waals surface area contributed by atoms with E-state index in [1.807, 2.05) is 50.2 Å². The minimum Gasteiger partial charge on any atom is -0.497 e. The molecule has 10 heteroatoms. The van der Waals surface area contributed by atoms with Gasteiger partial charge in [-0.25, -0.2) is 9.97 Å². The second-order valence-corrected chi connectivity index (χ2v) is 9.33. The molecule has 3 N–H and O–H groups in total. The molecule has 2 heterocycles. The number of hydrogen-bond donors (Lipinski definition) is 3. The largest absolute Gasteiger partial charge is 0.497 e. The maximum Gasteiger partial charge on any atom is 0.254 e. The van der Waals surface area contributed by atoms with Gasteiger partial charge in [-0.05, 0) is 42.7 Å². The van der Waals surface area contributed by atoms with Crippen molar-refractivity contribution >= 4 is 29.4 Å². The number of halogens is 1. The first kappa shape index (κ1) is 26.4. The van der Waals surface area contributed by atoms with Gasteiger partial charge in [0.15, 0.2) is 0 Å². The molecule has 2 atom stereocenters. The molecular formula is C27H30ClN5O4. The number of anilines is 1. The summed E-state index contributed by atoms with van der Waals surface area (Å²) in [4.78, 5) is 36.1. The Morgan fingerprint density at radius 3 is 2.81 bits per heavy atom. The van der Waals surface area contributed by atoms with Gasteiger partial charge in [0, 0.05) is 17.7 Å². The minimum absolute atomic E-state index is 0.0487. The number of aliphatic hydroxyl groups excluding tert-OH is 1. The van der Waals surface area contributed by atoms with Crippen LogP contribution in [0.15, 0.2) is 48.7 Å². The Balaban J connectivity index is 1.46. The van der Waals surface area contributed by atoms with Crippen LogP contribution in [0.2, 0.25) is 5.02 Å². The smallest absolute Gasteiger partial charge is 0.254 e. The molecular weight excluding hydrogens is 494 g/mol. The van der Waals surface area contributed by atoms with Crippen molar-refractivity contribution in [1.29, 1.82) is 0 Å². The van der Waals surface area contributed by atoms with E-state index in [1.165, 1.54) is 11.1 Å². The number of benzene rings is 2. The van der Waals surface area contributed by atoms with Gasteiger partial charge in [0.2, 0.25) is 11.9 Å². The third-order valence-electron chi connectivity index (χ3n) is 6.36. The van der Waals surface area contributed by atoms with E-state index in [0.717, 1.165) is 11.1 Å². The third kappa shape index (κ3) is 6.00. The molecule has 0 aliphatic carbocycles. The highest BCUT2D eigenvalue weighted by atomic mass is 35.5. The minimum atomic E-state index is -0.249. The molecule has 194 valence electrons. The summed E-state index contributed by atoms with van der Waals surface area (Å²) in [6, 6.07) is 12.5. The SMILES string of the molecule is CCC(CO)Nc1ncc(Cl)c(-c2ccc3c(c2)C(=O)N(CC(=O)NC(C)c2cccc(OC)c2)C3)n1. The van der Waals surface area contributed by atoms with Crippen LogP contribution in [0.1, 0.15) is 47.8 Å². The highest BCUT2D eigenvalue weighted by molar-refractivity contribution is 6.33. The van der Waals surface area contributed by atoms with Crippen molar-refractivity contribution in [3.63, 3.8) is 0 Å². The second kappa shape index (κ2) is 11.6. The molecule has 4 rings (SSSR count). The lowest BCUT2D eigenvalue weighted by atomic mass is 10.0. The van der Waals surface area contributed by atoms with Crippen molar-refractivity contribution in [3.05, 3.63) is 70.4 Å². The van der Waals surface area contributed by atoms with Crippen molar-refractivity contribution in [2.24, 2.45) is 0 Å². The molecule has 37 heavy (non-hydrogen) atoms. The third-order valence-corrected chi connectivity index (χ3v) is 6.63. The molecule has 1 aromatic heterocycles. The molecule has 2 aromatic carbocycles. The summed E-state index contributed by atoms with van der Waals surface area (Å²) < 4.78 is 5.25. The molecule has 3 aromatic rings. The molecule has 0 saturated carbocycles. The fraction of sp³-hybridized carbons (Fsp3) is 0.333. The van der Waals surface area contributed by atoms with Gasteiger partial charge < -0.3 is 25.4 Å². The molecule has 9 nitrogen and oxygen atoms in total. The maximum absolute atomic E-state index is 13.2. The van der Waals surface area contributed by atoms with Crippen LogP contribution in [0.5, 0.6) is 5.75 Å². The van der Waals surface area contributed by atoms with Gasteiger partial charge in [0.1, 0.15) is 12.3 Å². The molecule has 0 saturated heterocycles. The Kier molecular flexibility index (Phi) is 8.25. The van der Waals surface area contributed by atoms with E-state index in [1.54, 1.807) is 13.2 Å². The van der Waals surface area contributed by atoms with Crippen LogP contribution in [-0.4, -0.2) is 58.1 Å². The van der Waals surface area contributed by atoms with E-state index >= 15 is 0 Å². The number of hydrogen-bond acceptors (Lipinski definition) is 7. The van der Waals surface area contributed by atoms with Gasteiger partial charge >= 0.3 is 0 Å². The van der Waals surface area contributed by atoms with Crippen LogP contribution in [0.4, 0.5) is 5.95 Å². The summed E-state index contributed by atoms with van der Waals surface area (Å²) >= 11 is 6.38. The lowest BCUT2D eigenvalue weighted by Gasteiger charge is -2.19. The van der Waals surface area contributed by atoms with Crippen molar-refractivity contribution < 1.29 is 19.4 Å². The van der Waals surface area contributed by atoms with Gasteiger partial charge in [-0.15, -0.1) is 0 Å². The van der Waals surface area contributed by atoms with Gasteiger partial charge in [0.05, 0.1) is 42.7 Å². The number of fused-ring (bicyclic) bond motifs is 1. The number of carbonyl (C=O) groups excluding carboxylic acids is 2. The summed E-state index contributed by atoms with van der Waals surface area (Å²) in [5.41, 5.74) is 3.39. The van der Waals surface area contributed by atoms with Crippen LogP contribution < -0.4 is 15.4 Å².